The zero-order valence-electron chi connectivity index (χ0n) is 11.7. The van der Waals surface area contributed by atoms with Crippen molar-refractivity contribution in [2.75, 3.05) is 25.4 Å². The summed E-state index contributed by atoms with van der Waals surface area (Å²) in [5.74, 6) is -1.17. The van der Waals surface area contributed by atoms with E-state index < -0.39 is 22.4 Å². The zero-order chi connectivity index (χ0) is 16.2. The van der Waals surface area contributed by atoms with Crippen molar-refractivity contribution in [3.8, 4) is 0 Å². The highest BCUT2D eigenvalue weighted by Gasteiger charge is 2.22. The van der Waals surface area contributed by atoms with Crippen LogP contribution in [-0.4, -0.2) is 38.9 Å². The van der Waals surface area contributed by atoms with E-state index in [2.05, 4.69) is 4.72 Å². The Morgan fingerprint density at radius 3 is 2.48 bits per heavy atom. The number of hydrogen-bond acceptors (Lipinski definition) is 4. The first kappa shape index (κ1) is 17.7. The van der Waals surface area contributed by atoms with Gasteiger partial charge in [0.2, 0.25) is 15.9 Å². The van der Waals surface area contributed by atoms with Crippen molar-refractivity contribution in [2.45, 2.75) is 18.7 Å². The van der Waals surface area contributed by atoms with Gasteiger partial charge >= 0.3 is 0 Å². The highest BCUT2D eigenvalue weighted by Crippen LogP contribution is 2.26. The fourth-order valence-electron chi connectivity index (χ4n) is 1.67. The lowest BCUT2D eigenvalue weighted by Crippen LogP contribution is -2.40. The summed E-state index contributed by atoms with van der Waals surface area (Å²) in [6, 6.07) is 1.74. The Kier molecular flexibility index (Phi) is 5.94. The fourth-order valence-corrected chi connectivity index (χ4v) is 3.20. The van der Waals surface area contributed by atoms with Crippen LogP contribution in [-0.2, 0) is 14.8 Å². The van der Waals surface area contributed by atoms with Crippen LogP contribution in [0.5, 0.6) is 0 Å². The number of nitrogens with two attached hydrogens (primary N) is 1. The van der Waals surface area contributed by atoms with Gasteiger partial charge < -0.3 is 10.6 Å². The lowest BCUT2D eigenvalue weighted by molar-refractivity contribution is -0.129. The molecule has 0 saturated heterocycles. The molecule has 0 atom stereocenters. The van der Waals surface area contributed by atoms with Crippen LogP contribution in [0.25, 0.3) is 0 Å². The van der Waals surface area contributed by atoms with E-state index in [1.807, 2.05) is 0 Å². The molecule has 118 valence electrons. The first-order valence-electron chi connectivity index (χ1n) is 6.24. The number of rotatable bonds is 6. The fraction of sp³-hybridized carbons (Fsp3) is 0.417. The van der Waals surface area contributed by atoms with Crippen molar-refractivity contribution in [3.63, 3.8) is 0 Å². The van der Waals surface area contributed by atoms with Crippen molar-refractivity contribution in [3.05, 3.63) is 23.0 Å². The molecule has 0 aliphatic rings. The maximum atomic E-state index is 13.2. The van der Waals surface area contributed by atoms with Crippen LogP contribution < -0.4 is 10.5 Å². The van der Waals surface area contributed by atoms with E-state index >= 15 is 0 Å². The molecule has 0 aliphatic carbocycles. The van der Waals surface area contributed by atoms with Crippen molar-refractivity contribution < 1.29 is 17.6 Å². The number of hydrogen-bond donors (Lipinski definition) is 2. The average molecular weight is 338 g/mol. The van der Waals surface area contributed by atoms with E-state index in [4.69, 9.17) is 17.3 Å². The summed E-state index contributed by atoms with van der Waals surface area (Å²) in [5, 5.41) is -0.301. The predicted molar refractivity (Wildman–Crippen MR) is 78.9 cm³/mol. The van der Waals surface area contributed by atoms with Crippen LogP contribution in [0, 0.1) is 5.82 Å². The molecule has 1 amide bonds. The van der Waals surface area contributed by atoms with E-state index in [-0.39, 0.29) is 21.5 Å². The maximum absolute atomic E-state index is 13.2. The predicted octanol–water partition coefficient (Wildman–Crippen LogP) is 1.21. The molecule has 21 heavy (non-hydrogen) atoms. The first-order valence-corrected chi connectivity index (χ1v) is 8.11. The third kappa shape index (κ3) is 4.29. The standard InChI is InChI=1S/C12H17ClFN3O3S/c1-3-17(4-2)12(18)7-16-21(19,20)11-6-10(15)9(14)5-8(11)13/h5-6,16H,3-4,7,15H2,1-2H3. The van der Waals surface area contributed by atoms with E-state index in [0.717, 1.165) is 12.1 Å². The molecule has 0 heterocycles. The Morgan fingerprint density at radius 2 is 1.95 bits per heavy atom. The van der Waals surface area contributed by atoms with Crippen molar-refractivity contribution in [1.82, 2.24) is 9.62 Å². The second kappa shape index (κ2) is 7.06. The highest BCUT2D eigenvalue weighted by molar-refractivity contribution is 7.89. The zero-order valence-corrected chi connectivity index (χ0v) is 13.3. The van der Waals surface area contributed by atoms with Gasteiger partial charge in [0.15, 0.2) is 0 Å². The average Bonchev–Trinajstić information content (AvgIpc) is 2.42. The van der Waals surface area contributed by atoms with E-state index in [1.54, 1.807) is 13.8 Å². The van der Waals surface area contributed by atoms with Gasteiger partial charge in [-0.05, 0) is 26.0 Å². The van der Waals surface area contributed by atoms with Crippen LogP contribution in [0.4, 0.5) is 10.1 Å². The minimum atomic E-state index is -4.05. The van der Waals surface area contributed by atoms with Gasteiger partial charge in [-0.2, -0.15) is 0 Å². The summed E-state index contributed by atoms with van der Waals surface area (Å²) < 4.78 is 39.5. The number of carbonyl (C=O) groups excluding carboxylic acids is 1. The van der Waals surface area contributed by atoms with E-state index in [1.165, 1.54) is 4.90 Å². The minimum absolute atomic E-state index is 0.301. The Balaban J connectivity index is 2.93. The molecule has 0 fully saturated rings. The number of amides is 1. The van der Waals surface area contributed by atoms with Crippen molar-refractivity contribution in [2.24, 2.45) is 0 Å². The van der Waals surface area contributed by atoms with Gasteiger partial charge in [0, 0.05) is 13.1 Å². The van der Waals surface area contributed by atoms with Gasteiger partial charge in [-0.3, -0.25) is 4.79 Å². The smallest absolute Gasteiger partial charge is 0.242 e. The van der Waals surface area contributed by atoms with Gasteiger partial charge in [-0.15, -0.1) is 0 Å². The summed E-state index contributed by atoms with van der Waals surface area (Å²) in [6.07, 6.45) is 0. The normalized spacial score (nSPS) is 11.4. The molecule has 1 aromatic carbocycles. The number of benzene rings is 1. The van der Waals surface area contributed by atoms with E-state index in [0.29, 0.717) is 13.1 Å². The van der Waals surface area contributed by atoms with Gasteiger partial charge in [0.1, 0.15) is 10.7 Å². The monoisotopic (exact) mass is 337 g/mol. The molecule has 0 aliphatic heterocycles. The molecular formula is C12H17ClFN3O3S. The summed E-state index contributed by atoms with van der Waals surface area (Å²) in [4.78, 5) is 12.9. The number of likely N-dealkylation sites (N-methyl/N-ethyl adjacent to an activating group) is 1. The van der Waals surface area contributed by atoms with Crippen LogP contribution in [0.15, 0.2) is 17.0 Å². The lowest BCUT2D eigenvalue weighted by atomic mass is 10.3. The van der Waals surface area contributed by atoms with Gasteiger partial charge in [-0.1, -0.05) is 11.6 Å². The molecule has 0 bridgehead atoms. The number of carbonyl (C=O) groups is 1. The molecule has 6 nitrogen and oxygen atoms in total. The van der Waals surface area contributed by atoms with Gasteiger partial charge in [0.25, 0.3) is 0 Å². The number of nitrogens with one attached hydrogen (secondary N) is 1. The quantitative estimate of drug-likeness (QED) is 0.763. The second-order valence-corrected chi connectivity index (χ2v) is 6.34. The SMILES string of the molecule is CCN(CC)C(=O)CNS(=O)(=O)c1cc(N)c(F)cc1Cl. The van der Waals surface area contributed by atoms with Crippen LogP contribution in [0.1, 0.15) is 13.8 Å². The topological polar surface area (TPSA) is 92.5 Å². The summed E-state index contributed by atoms with van der Waals surface area (Å²) >= 11 is 5.71. The molecule has 0 aromatic heterocycles. The van der Waals surface area contributed by atoms with Crippen LogP contribution >= 0.6 is 11.6 Å². The summed E-state index contributed by atoms with van der Waals surface area (Å²) in [6.45, 7) is 4.11. The molecule has 0 saturated carbocycles. The summed E-state index contributed by atoms with van der Waals surface area (Å²) in [5.41, 5.74) is 4.99. The number of nitrogen functional groups attached to an aromatic ring is 1. The number of nitrogens with zero attached hydrogens (tertiary/aromatic N) is 1. The molecule has 1 rings (SSSR count). The van der Waals surface area contributed by atoms with Gasteiger partial charge in [-0.25, -0.2) is 17.5 Å². The third-order valence-corrected chi connectivity index (χ3v) is 4.74. The maximum Gasteiger partial charge on any atom is 0.242 e. The Hall–Kier alpha value is -1.38. The Morgan fingerprint density at radius 1 is 1.38 bits per heavy atom. The van der Waals surface area contributed by atoms with Gasteiger partial charge in [0.05, 0.1) is 17.3 Å². The lowest BCUT2D eigenvalue weighted by Gasteiger charge is -2.19. The second-order valence-electron chi connectivity index (χ2n) is 4.19. The van der Waals surface area contributed by atoms with Crippen LogP contribution in [0.2, 0.25) is 5.02 Å². The number of sulfonamides is 1. The molecule has 9 heteroatoms. The molecule has 1 aromatic rings. The number of anilines is 1. The first-order chi connectivity index (χ1) is 9.72. The largest absolute Gasteiger partial charge is 0.396 e. The molecule has 3 N–H and O–H groups in total. The molecular weight excluding hydrogens is 321 g/mol. The van der Waals surface area contributed by atoms with Crippen LogP contribution in [0.3, 0.4) is 0 Å². The number of halogens is 2. The molecule has 0 spiro atoms. The van der Waals surface area contributed by atoms with Crippen molar-refractivity contribution >= 4 is 33.2 Å². The molecule has 0 unspecified atom stereocenters. The molecule has 0 radical (unpaired) electrons. The Labute approximate surface area is 128 Å². The summed E-state index contributed by atoms with van der Waals surface area (Å²) in [7, 11) is -4.05. The Bertz CT molecular complexity index is 633. The minimum Gasteiger partial charge on any atom is -0.396 e. The highest BCUT2D eigenvalue weighted by atomic mass is 35.5. The van der Waals surface area contributed by atoms with Crippen molar-refractivity contribution in [1.29, 1.82) is 0 Å². The third-order valence-electron chi connectivity index (χ3n) is 2.87. The van der Waals surface area contributed by atoms with E-state index in [9.17, 15) is 17.6 Å².